The molecule has 2 rings (SSSR count). The molecule has 0 bridgehead atoms. The fraction of sp³-hybridized carbons (Fsp3) is 0.143. The van der Waals surface area contributed by atoms with Gasteiger partial charge in [-0.3, -0.25) is 14.6 Å². The Kier molecular flexibility index (Phi) is 5.47. The molecule has 0 fully saturated rings. The van der Waals surface area contributed by atoms with Gasteiger partial charge in [0.25, 0.3) is 11.5 Å². The van der Waals surface area contributed by atoms with Gasteiger partial charge in [0, 0.05) is 15.8 Å². The summed E-state index contributed by atoms with van der Waals surface area (Å²) in [5.41, 5.74) is 5.04. The summed E-state index contributed by atoms with van der Waals surface area (Å²) in [5.74, 6) is -2.09. The number of carbonyl (C=O) groups is 2. The van der Waals surface area contributed by atoms with Gasteiger partial charge in [0.05, 0.1) is 5.97 Å². The Balaban J connectivity index is 2.22. The number of aromatic amines is 1. The molecule has 1 atom stereocenters. The Labute approximate surface area is 145 Å². The molecular weight excluding hydrogens is 356 g/mol. The Hall–Kier alpha value is -2.52. The predicted molar refractivity (Wildman–Crippen MR) is 89.0 cm³/mol. The van der Waals surface area contributed by atoms with E-state index in [9.17, 15) is 19.5 Å². The third-order valence-electron chi connectivity index (χ3n) is 2.89. The molecule has 10 heteroatoms. The molecule has 0 spiro atoms. The zero-order chi connectivity index (χ0) is 17.9. The number of H-pyrrole nitrogens is 1. The number of aliphatic carboxylic acids is 1. The van der Waals surface area contributed by atoms with E-state index in [0.717, 1.165) is 11.8 Å². The maximum absolute atomic E-state index is 12.1. The molecule has 24 heavy (non-hydrogen) atoms. The number of nitrogens with one attached hydrogen (secondary N) is 2. The van der Waals surface area contributed by atoms with Crippen molar-refractivity contribution in [3.63, 3.8) is 0 Å². The summed E-state index contributed by atoms with van der Waals surface area (Å²) < 4.78 is 0. The Morgan fingerprint density at radius 3 is 2.54 bits per heavy atom. The van der Waals surface area contributed by atoms with Gasteiger partial charge in [0.2, 0.25) is 0 Å². The van der Waals surface area contributed by atoms with Crippen molar-refractivity contribution in [2.24, 2.45) is 0 Å². The summed E-state index contributed by atoms with van der Waals surface area (Å²) in [5, 5.41) is 12.6. The van der Waals surface area contributed by atoms with Gasteiger partial charge >= 0.3 is 0 Å². The van der Waals surface area contributed by atoms with E-state index in [4.69, 9.17) is 17.3 Å². The van der Waals surface area contributed by atoms with E-state index in [-0.39, 0.29) is 22.2 Å². The molecular formula is C14H12ClN4O4S-. The van der Waals surface area contributed by atoms with Gasteiger partial charge in [0.1, 0.15) is 5.69 Å². The monoisotopic (exact) mass is 367 g/mol. The lowest BCUT2D eigenvalue weighted by atomic mass is 10.2. The van der Waals surface area contributed by atoms with Crippen LogP contribution in [-0.4, -0.2) is 27.1 Å². The molecule has 1 aromatic heterocycles. The summed E-state index contributed by atoms with van der Waals surface area (Å²) in [4.78, 5) is 41.1. The van der Waals surface area contributed by atoms with E-state index in [1.807, 2.05) is 0 Å². The number of thioether (sulfide) groups is 1. The van der Waals surface area contributed by atoms with Crippen LogP contribution >= 0.6 is 23.4 Å². The van der Waals surface area contributed by atoms with Crippen LogP contribution in [0.4, 0.5) is 11.5 Å². The summed E-state index contributed by atoms with van der Waals surface area (Å²) in [6.45, 7) is 1.38. The smallest absolute Gasteiger partial charge is 0.277 e. The molecule has 1 heterocycles. The number of nitrogen functional groups attached to an aromatic ring is 1. The number of anilines is 2. The van der Waals surface area contributed by atoms with Crippen LogP contribution < -0.4 is 21.7 Å². The number of carboxylic acid groups (broad SMARTS) is 1. The van der Waals surface area contributed by atoms with E-state index < -0.39 is 22.7 Å². The number of rotatable bonds is 5. The van der Waals surface area contributed by atoms with Crippen LogP contribution in [-0.2, 0) is 4.79 Å². The lowest BCUT2D eigenvalue weighted by molar-refractivity contribution is -0.304. The van der Waals surface area contributed by atoms with Crippen molar-refractivity contribution in [2.45, 2.75) is 17.3 Å². The Bertz CT molecular complexity index is 838. The minimum absolute atomic E-state index is 0.0127. The maximum atomic E-state index is 12.1. The van der Waals surface area contributed by atoms with Gasteiger partial charge in [-0.25, -0.2) is 4.98 Å². The highest BCUT2D eigenvalue weighted by Gasteiger charge is 2.15. The predicted octanol–water partition coefficient (Wildman–Crippen LogP) is 0.488. The average molecular weight is 368 g/mol. The lowest BCUT2D eigenvalue weighted by Crippen LogP contribution is -2.31. The van der Waals surface area contributed by atoms with Gasteiger partial charge in [-0.1, -0.05) is 23.4 Å². The van der Waals surface area contributed by atoms with Crippen LogP contribution in [0.3, 0.4) is 0 Å². The number of aromatic nitrogens is 2. The van der Waals surface area contributed by atoms with E-state index in [1.165, 1.54) is 31.2 Å². The van der Waals surface area contributed by atoms with Crippen molar-refractivity contribution in [3.05, 3.63) is 45.2 Å². The van der Waals surface area contributed by atoms with Gasteiger partial charge in [-0.2, -0.15) is 0 Å². The van der Waals surface area contributed by atoms with Crippen LogP contribution in [0.5, 0.6) is 0 Å². The minimum Gasteiger partial charge on any atom is -0.549 e. The fourth-order valence-electron chi connectivity index (χ4n) is 1.65. The first-order valence-corrected chi connectivity index (χ1v) is 7.88. The van der Waals surface area contributed by atoms with Crippen LogP contribution in [0.15, 0.2) is 34.2 Å². The Morgan fingerprint density at radius 2 is 2.00 bits per heavy atom. The molecule has 0 aliphatic carbocycles. The highest BCUT2D eigenvalue weighted by atomic mass is 35.5. The first kappa shape index (κ1) is 17.8. The number of carbonyl (C=O) groups excluding carboxylic acids is 2. The van der Waals surface area contributed by atoms with Crippen LogP contribution in [0, 0.1) is 0 Å². The van der Waals surface area contributed by atoms with E-state index >= 15 is 0 Å². The lowest BCUT2D eigenvalue weighted by Gasteiger charge is -2.12. The quantitative estimate of drug-likeness (QED) is 0.515. The number of benzene rings is 1. The number of amides is 1. The molecule has 8 nitrogen and oxygen atoms in total. The number of hydrogen-bond donors (Lipinski definition) is 3. The third-order valence-corrected chi connectivity index (χ3v) is 4.11. The van der Waals surface area contributed by atoms with Crippen LogP contribution in [0.25, 0.3) is 0 Å². The first-order chi connectivity index (χ1) is 11.3. The second-order valence-electron chi connectivity index (χ2n) is 4.67. The van der Waals surface area contributed by atoms with E-state index in [1.54, 1.807) is 0 Å². The van der Waals surface area contributed by atoms with Crippen molar-refractivity contribution in [3.8, 4) is 0 Å². The highest BCUT2D eigenvalue weighted by Crippen LogP contribution is 2.21. The highest BCUT2D eigenvalue weighted by molar-refractivity contribution is 8.00. The van der Waals surface area contributed by atoms with E-state index in [2.05, 4.69) is 15.3 Å². The van der Waals surface area contributed by atoms with Crippen molar-refractivity contribution in [1.82, 2.24) is 9.97 Å². The normalized spacial score (nSPS) is 11.8. The largest absolute Gasteiger partial charge is 0.549 e. The van der Waals surface area contributed by atoms with Crippen LogP contribution in [0.1, 0.15) is 17.3 Å². The van der Waals surface area contributed by atoms with Gasteiger partial charge < -0.3 is 21.0 Å². The molecule has 126 valence electrons. The molecule has 4 N–H and O–H groups in total. The zero-order valence-electron chi connectivity index (χ0n) is 12.3. The summed E-state index contributed by atoms with van der Waals surface area (Å²) >= 11 is 6.51. The minimum atomic E-state index is -1.30. The standard InChI is InChI=1S/C14H13ClN4O4S/c1-6(13(22)23)24-14-18-10(16)9(12(21)19-14)17-11(20)7-2-4-8(15)5-3-7/h2-6H,1H3,(H,17,20)(H,22,23)(H3,16,18,19,21)/p-1/t6-/m1/s1. The maximum Gasteiger partial charge on any atom is 0.277 e. The first-order valence-electron chi connectivity index (χ1n) is 6.62. The SMILES string of the molecule is C[C@@H](Sc1nc(N)c(NC(=O)c2ccc(Cl)cc2)c(=O)[nH]1)C(=O)[O-]. The molecule has 0 radical (unpaired) electrons. The molecule has 1 aromatic carbocycles. The second-order valence-corrected chi connectivity index (χ2v) is 6.44. The van der Waals surface area contributed by atoms with Crippen molar-refractivity contribution in [1.29, 1.82) is 0 Å². The molecule has 0 aliphatic rings. The zero-order valence-corrected chi connectivity index (χ0v) is 13.9. The van der Waals surface area contributed by atoms with Crippen molar-refractivity contribution in [2.75, 3.05) is 11.1 Å². The summed E-state index contributed by atoms with van der Waals surface area (Å²) in [6, 6.07) is 6.04. The molecule has 0 saturated heterocycles. The summed E-state index contributed by atoms with van der Waals surface area (Å²) in [7, 11) is 0. The average Bonchev–Trinajstić information content (AvgIpc) is 2.51. The molecule has 1 amide bonds. The molecule has 0 unspecified atom stereocenters. The second kappa shape index (κ2) is 7.37. The van der Waals surface area contributed by atoms with Gasteiger partial charge in [0.15, 0.2) is 11.0 Å². The number of halogens is 1. The summed E-state index contributed by atoms with van der Waals surface area (Å²) in [6.07, 6.45) is 0. The third kappa shape index (κ3) is 4.27. The van der Waals surface area contributed by atoms with Gasteiger partial charge in [-0.15, -0.1) is 0 Å². The van der Waals surface area contributed by atoms with Crippen molar-refractivity contribution < 1.29 is 14.7 Å². The molecule has 0 saturated carbocycles. The fourth-order valence-corrected chi connectivity index (χ4v) is 2.51. The molecule has 0 aliphatic heterocycles. The topological polar surface area (TPSA) is 141 Å². The number of carboxylic acids is 1. The van der Waals surface area contributed by atoms with Gasteiger partial charge in [-0.05, 0) is 31.2 Å². The number of nitrogens with two attached hydrogens (primary N) is 1. The number of hydrogen-bond acceptors (Lipinski definition) is 7. The van der Waals surface area contributed by atoms with Crippen molar-refractivity contribution >= 4 is 46.7 Å². The van der Waals surface area contributed by atoms with Crippen LogP contribution in [0.2, 0.25) is 5.02 Å². The Morgan fingerprint density at radius 1 is 1.38 bits per heavy atom. The number of nitrogens with zero attached hydrogens (tertiary/aromatic N) is 1. The van der Waals surface area contributed by atoms with E-state index in [0.29, 0.717) is 5.02 Å². The molecule has 2 aromatic rings.